The minimum Gasteiger partial charge on any atom is -0.381 e. The van der Waals surface area contributed by atoms with Crippen LogP contribution in [0.25, 0.3) is 0 Å². The van der Waals surface area contributed by atoms with Gasteiger partial charge in [-0.25, -0.2) is 0 Å². The summed E-state index contributed by atoms with van der Waals surface area (Å²) in [6, 6.07) is 0. The van der Waals surface area contributed by atoms with Crippen LogP contribution in [0.1, 0.15) is 26.7 Å². The summed E-state index contributed by atoms with van der Waals surface area (Å²) in [4.78, 5) is 0. The number of rotatable bonds is 3. The Hall–Kier alpha value is -0.520. The summed E-state index contributed by atoms with van der Waals surface area (Å²) in [5.41, 5.74) is -0.141. The van der Waals surface area contributed by atoms with Gasteiger partial charge >= 0.3 is 0 Å². The zero-order valence-electron chi connectivity index (χ0n) is 8.51. The normalized spacial score (nSPS) is 19.8. The second kappa shape index (κ2) is 4.64. The molecule has 0 spiro atoms. The molecule has 0 aliphatic carbocycles. The molecular formula is C11H18O2. The van der Waals surface area contributed by atoms with Gasteiger partial charge in [0.05, 0.1) is 12.7 Å². The van der Waals surface area contributed by atoms with Gasteiger partial charge in [0.1, 0.15) is 0 Å². The van der Waals surface area contributed by atoms with Crippen LogP contribution in [-0.2, 0) is 9.47 Å². The average Bonchev–Trinajstić information content (AvgIpc) is 2.17. The van der Waals surface area contributed by atoms with Crippen molar-refractivity contribution in [3.8, 4) is 12.3 Å². The van der Waals surface area contributed by atoms with E-state index in [1.807, 2.05) is 13.8 Å². The molecule has 0 amide bonds. The molecule has 0 unspecified atom stereocenters. The molecule has 1 rings (SSSR count). The molecule has 13 heavy (non-hydrogen) atoms. The zero-order valence-corrected chi connectivity index (χ0v) is 8.51. The quantitative estimate of drug-likeness (QED) is 0.620. The lowest BCUT2D eigenvalue weighted by Gasteiger charge is -2.26. The summed E-state index contributed by atoms with van der Waals surface area (Å²) >= 11 is 0. The van der Waals surface area contributed by atoms with Gasteiger partial charge in [0.15, 0.2) is 0 Å². The van der Waals surface area contributed by atoms with E-state index >= 15 is 0 Å². The predicted molar refractivity (Wildman–Crippen MR) is 52.4 cm³/mol. The SMILES string of the molecule is C#CC(C)(C)COC1CCOCC1. The highest BCUT2D eigenvalue weighted by Crippen LogP contribution is 2.18. The lowest BCUT2D eigenvalue weighted by atomic mass is 9.96. The fraction of sp³-hybridized carbons (Fsp3) is 0.818. The van der Waals surface area contributed by atoms with Gasteiger partial charge in [-0.15, -0.1) is 6.42 Å². The Labute approximate surface area is 80.6 Å². The molecule has 2 nitrogen and oxygen atoms in total. The molecule has 0 N–H and O–H groups in total. The molecule has 0 aromatic heterocycles. The van der Waals surface area contributed by atoms with Crippen LogP contribution in [0.2, 0.25) is 0 Å². The maximum atomic E-state index is 5.72. The Balaban J connectivity index is 2.22. The van der Waals surface area contributed by atoms with Crippen molar-refractivity contribution in [1.29, 1.82) is 0 Å². The van der Waals surface area contributed by atoms with E-state index in [0.29, 0.717) is 12.7 Å². The lowest BCUT2D eigenvalue weighted by molar-refractivity contribution is -0.0473. The fourth-order valence-corrected chi connectivity index (χ4v) is 1.21. The van der Waals surface area contributed by atoms with E-state index in [2.05, 4.69) is 5.92 Å². The highest BCUT2D eigenvalue weighted by Gasteiger charge is 2.19. The molecule has 0 bridgehead atoms. The van der Waals surface area contributed by atoms with Crippen molar-refractivity contribution in [1.82, 2.24) is 0 Å². The molecular weight excluding hydrogens is 164 g/mol. The maximum Gasteiger partial charge on any atom is 0.0630 e. The van der Waals surface area contributed by atoms with Crippen molar-refractivity contribution < 1.29 is 9.47 Å². The average molecular weight is 182 g/mol. The maximum absolute atomic E-state index is 5.72. The summed E-state index contributed by atoms with van der Waals surface area (Å²) in [6.45, 7) is 6.33. The minimum absolute atomic E-state index is 0.141. The molecule has 2 heteroatoms. The van der Waals surface area contributed by atoms with Crippen LogP contribution >= 0.6 is 0 Å². The first-order valence-corrected chi connectivity index (χ1v) is 4.81. The predicted octanol–water partition coefficient (Wildman–Crippen LogP) is 1.84. The Kier molecular flexibility index (Phi) is 3.77. The molecule has 0 aromatic carbocycles. The summed E-state index contributed by atoms with van der Waals surface area (Å²) < 4.78 is 11.0. The molecule has 0 aromatic rings. The van der Waals surface area contributed by atoms with Crippen LogP contribution in [0.5, 0.6) is 0 Å². The number of hydrogen-bond donors (Lipinski definition) is 0. The summed E-state index contributed by atoms with van der Waals surface area (Å²) in [6.07, 6.45) is 7.72. The van der Waals surface area contributed by atoms with Crippen LogP contribution < -0.4 is 0 Å². The van der Waals surface area contributed by atoms with Crippen LogP contribution in [-0.4, -0.2) is 25.9 Å². The van der Waals surface area contributed by atoms with E-state index in [9.17, 15) is 0 Å². The standard InChI is InChI=1S/C11H18O2/c1-4-11(2,3)9-13-10-5-7-12-8-6-10/h1,10H,5-9H2,2-3H3. The van der Waals surface area contributed by atoms with Crippen molar-refractivity contribution in [2.75, 3.05) is 19.8 Å². The molecule has 0 atom stereocenters. The highest BCUT2D eigenvalue weighted by molar-refractivity contribution is 5.00. The smallest absolute Gasteiger partial charge is 0.0630 e. The summed E-state index contributed by atoms with van der Waals surface area (Å²) in [7, 11) is 0. The van der Waals surface area contributed by atoms with Gasteiger partial charge in [-0.1, -0.05) is 5.92 Å². The Morgan fingerprint density at radius 2 is 2.08 bits per heavy atom. The minimum atomic E-state index is -0.141. The first kappa shape index (κ1) is 10.6. The number of ether oxygens (including phenoxy) is 2. The van der Waals surface area contributed by atoms with Gasteiger partial charge in [-0.3, -0.25) is 0 Å². The second-order valence-corrected chi connectivity index (χ2v) is 4.15. The fourth-order valence-electron chi connectivity index (χ4n) is 1.21. The molecule has 0 saturated carbocycles. The highest BCUT2D eigenvalue weighted by atomic mass is 16.5. The summed E-state index contributed by atoms with van der Waals surface area (Å²) in [5.74, 6) is 2.72. The van der Waals surface area contributed by atoms with Crippen molar-refractivity contribution in [2.24, 2.45) is 5.41 Å². The van der Waals surface area contributed by atoms with Crippen LogP contribution in [0.15, 0.2) is 0 Å². The second-order valence-electron chi connectivity index (χ2n) is 4.15. The monoisotopic (exact) mass is 182 g/mol. The topological polar surface area (TPSA) is 18.5 Å². The summed E-state index contributed by atoms with van der Waals surface area (Å²) in [5, 5.41) is 0. The van der Waals surface area contributed by atoms with E-state index < -0.39 is 0 Å². The first-order valence-electron chi connectivity index (χ1n) is 4.81. The molecule has 1 saturated heterocycles. The van der Waals surface area contributed by atoms with Crippen LogP contribution in [0.3, 0.4) is 0 Å². The Morgan fingerprint density at radius 1 is 1.46 bits per heavy atom. The van der Waals surface area contributed by atoms with Crippen molar-refractivity contribution >= 4 is 0 Å². The van der Waals surface area contributed by atoms with E-state index in [1.54, 1.807) is 0 Å². The van der Waals surface area contributed by atoms with E-state index in [1.165, 1.54) is 0 Å². The van der Waals surface area contributed by atoms with E-state index in [0.717, 1.165) is 26.1 Å². The third-order valence-corrected chi connectivity index (χ3v) is 2.24. The van der Waals surface area contributed by atoms with Crippen molar-refractivity contribution in [3.05, 3.63) is 0 Å². The van der Waals surface area contributed by atoms with Gasteiger partial charge in [0.25, 0.3) is 0 Å². The third kappa shape index (κ3) is 3.80. The van der Waals surface area contributed by atoms with Gasteiger partial charge in [-0.2, -0.15) is 0 Å². The molecule has 1 heterocycles. The number of terminal acetylenes is 1. The van der Waals surface area contributed by atoms with Crippen molar-refractivity contribution in [3.63, 3.8) is 0 Å². The van der Waals surface area contributed by atoms with Crippen LogP contribution in [0, 0.1) is 17.8 Å². The van der Waals surface area contributed by atoms with Gasteiger partial charge in [-0.05, 0) is 26.7 Å². The van der Waals surface area contributed by atoms with Crippen LogP contribution in [0.4, 0.5) is 0 Å². The zero-order chi connectivity index (χ0) is 9.73. The van der Waals surface area contributed by atoms with E-state index in [-0.39, 0.29) is 5.41 Å². The molecule has 1 aliphatic rings. The van der Waals surface area contributed by atoms with E-state index in [4.69, 9.17) is 15.9 Å². The number of hydrogen-bond acceptors (Lipinski definition) is 2. The Morgan fingerprint density at radius 3 is 2.62 bits per heavy atom. The third-order valence-electron chi connectivity index (χ3n) is 2.24. The lowest BCUT2D eigenvalue weighted by Crippen LogP contribution is -2.28. The molecule has 1 fully saturated rings. The van der Waals surface area contributed by atoms with Crippen molar-refractivity contribution in [2.45, 2.75) is 32.8 Å². The largest absolute Gasteiger partial charge is 0.381 e. The van der Waals surface area contributed by atoms with Gasteiger partial charge < -0.3 is 9.47 Å². The first-order chi connectivity index (χ1) is 6.14. The molecule has 0 radical (unpaired) electrons. The molecule has 74 valence electrons. The van der Waals surface area contributed by atoms with Gasteiger partial charge in [0.2, 0.25) is 0 Å². The van der Waals surface area contributed by atoms with Gasteiger partial charge in [0, 0.05) is 18.6 Å². The Bertz CT molecular complexity index is 185. The molecule has 1 aliphatic heterocycles.